The summed E-state index contributed by atoms with van der Waals surface area (Å²) in [5.74, 6) is 0.458. The molecule has 0 bridgehead atoms. The minimum atomic E-state index is -0.287. The van der Waals surface area contributed by atoms with Crippen LogP contribution in [0.3, 0.4) is 0 Å². The van der Waals surface area contributed by atoms with Gasteiger partial charge >= 0.3 is 6.03 Å². The van der Waals surface area contributed by atoms with Crippen molar-refractivity contribution in [2.24, 2.45) is 5.92 Å². The summed E-state index contributed by atoms with van der Waals surface area (Å²) in [5.41, 5.74) is 3.80. The van der Waals surface area contributed by atoms with Crippen LogP contribution in [0.4, 0.5) is 16.2 Å². The van der Waals surface area contributed by atoms with Crippen LogP contribution in [-0.2, 0) is 4.79 Å². The number of nitrogens with one attached hydrogen (secondary N) is 3. The van der Waals surface area contributed by atoms with E-state index in [0.717, 1.165) is 50.1 Å². The molecule has 0 spiro atoms. The van der Waals surface area contributed by atoms with Crippen LogP contribution in [0.1, 0.15) is 56.2 Å². The van der Waals surface area contributed by atoms with Gasteiger partial charge < -0.3 is 20.9 Å². The average molecular weight is 568 g/mol. The van der Waals surface area contributed by atoms with Crippen LogP contribution in [0.15, 0.2) is 72.8 Å². The van der Waals surface area contributed by atoms with E-state index in [1.54, 1.807) is 18.2 Å². The second-order valence-corrected chi connectivity index (χ2v) is 11.2. The first-order valence-corrected chi connectivity index (χ1v) is 14.2. The Bertz CT molecular complexity index is 1260. The number of urea groups is 1. The predicted octanol–water partition coefficient (Wildman–Crippen LogP) is 7.72. The summed E-state index contributed by atoms with van der Waals surface area (Å²) < 4.78 is 0. The van der Waals surface area contributed by atoms with Crippen LogP contribution in [0, 0.1) is 5.92 Å². The molecule has 1 aliphatic heterocycles. The number of likely N-dealkylation sites (tertiary alicyclic amines) is 1. The molecule has 3 aromatic rings. The first-order chi connectivity index (χ1) is 18.8. The summed E-state index contributed by atoms with van der Waals surface area (Å²) in [7, 11) is 0. The highest BCUT2D eigenvalue weighted by atomic mass is 35.5. The van der Waals surface area contributed by atoms with Crippen molar-refractivity contribution < 1.29 is 9.59 Å². The smallest absolute Gasteiger partial charge is 0.319 e. The van der Waals surface area contributed by atoms with Crippen LogP contribution in [-0.4, -0.2) is 36.5 Å². The van der Waals surface area contributed by atoms with Crippen molar-refractivity contribution in [1.82, 2.24) is 10.2 Å². The molecule has 0 saturated carbocycles. The van der Waals surface area contributed by atoms with E-state index in [4.69, 9.17) is 23.2 Å². The van der Waals surface area contributed by atoms with Crippen LogP contribution >= 0.6 is 23.2 Å². The monoisotopic (exact) mass is 566 g/mol. The molecule has 8 heteroatoms. The standard InChI is InChI=1S/C31H36Cl2N4O2/c1-21(2)30(38)34-25-10-6-9-24(19-25)22-13-16-37(17-14-22)18-15-29(23-7-4-3-5-8-23)36-31(39)35-26-11-12-27(32)28(33)20-26/h3-12,19-22,29H,13-18H2,1-2H3,(H,34,38)(H2,35,36,39). The molecule has 3 N–H and O–H groups in total. The second kappa shape index (κ2) is 13.8. The number of anilines is 2. The highest BCUT2D eigenvalue weighted by molar-refractivity contribution is 6.42. The predicted molar refractivity (Wildman–Crippen MR) is 161 cm³/mol. The van der Waals surface area contributed by atoms with Gasteiger partial charge in [-0.2, -0.15) is 0 Å². The fourth-order valence-electron chi connectivity index (χ4n) is 4.87. The van der Waals surface area contributed by atoms with Crippen LogP contribution in [0.2, 0.25) is 10.0 Å². The Labute approximate surface area is 241 Å². The number of amides is 3. The third kappa shape index (κ3) is 8.46. The van der Waals surface area contributed by atoms with Crippen molar-refractivity contribution in [3.63, 3.8) is 0 Å². The molecule has 1 fully saturated rings. The molecule has 1 saturated heterocycles. The lowest BCUT2D eigenvalue weighted by molar-refractivity contribution is -0.118. The molecule has 206 valence electrons. The Hall–Kier alpha value is -3.06. The average Bonchev–Trinajstić information content (AvgIpc) is 2.94. The lowest BCUT2D eigenvalue weighted by Crippen LogP contribution is -2.38. The number of piperidine rings is 1. The van der Waals surface area contributed by atoms with E-state index < -0.39 is 0 Å². The van der Waals surface area contributed by atoms with Gasteiger partial charge in [-0.25, -0.2) is 4.79 Å². The third-order valence-corrected chi connectivity index (χ3v) is 7.90. The molecular weight excluding hydrogens is 531 g/mol. The number of hydrogen-bond donors (Lipinski definition) is 3. The van der Waals surface area contributed by atoms with Gasteiger partial charge in [0.15, 0.2) is 0 Å². The van der Waals surface area contributed by atoms with Crippen molar-refractivity contribution in [3.8, 4) is 0 Å². The normalized spacial score (nSPS) is 15.1. The van der Waals surface area contributed by atoms with Crippen molar-refractivity contribution >= 4 is 46.5 Å². The van der Waals surface area contributed by atoms with Gasteiger partial charge in [-0.15, -0.1) is 0 Å². The van der Waals surface area contributed by atoms with Crippen molar-refractivity contribution in [2.75, 3.05) is 30.3 Å². The zero-order valence-corrected chi connectivity index (χ0v) is 23.9. The van der Waals surface area contributed by atoms with Gasteiger partial charge in [-0.3, -0.25) is 4.79 Å². The maximum atomic E-state index is 12.8. The molecule has 1 aliphatic rings. The molecule has 0 radical (unpaired) electrons. The van der Waals surface area contributed by atoms with Gasteiger partial charge in [0.05, 0.1) is 16.1 Å². The molecule has 1 atom stereocenters. The summed E-state index contributed by atoms with van der Waals surface area (Å²) >= 11 is 12.1. The van der Waals surface area contributed by atoms with E-state index in [9.17, 15) is 9.59 Å². The third-order valence-electron chi connectivity index (χ3n) is 7.16. The van der Waals surface area contributed by atoms with Gasteiger partial charge in [-0.1, -0.05) is 79.5 Å². The maximum absolute atomic E-state index is 12.8. The number of halogens is 2. The SMILES string of the molecule is CC(C)C(=O)Nc1cccc(C2CCN(CCC(NC(=O)Nc3ccc(Cl)c(Cl)c3)c3ccccc3)CC2)c1. The van der Waals surface area contributed by atoms with Gasteiger partial charge in [0.1, 0.15) is 0 Å². The Morgan fingerprint density at radius 2 is 1.59 bits per heavy atom. The lowest BCUT2D eigenvalue weighted by Gasteiger charge is -2.33. The number of hydrogen-bond acceptors (Lipinski definition) is 3. The Morgan fingerprint density at radius 3 is 2.28 bits per heavy atom. The number of benzene rings is 3. The van der Waals surface area contributed by atoms with Crippen LogP contribution < -0.4 is 16.0 Å². The molecule has 3 amide bonds. The quantitative estimate of drug-likeness (QED) is 0.248. The van der Waals surface area contributed by atoms with E-state index in [1.165, 1.54) is 5.56 Å². The highest BCUT2D eigenvalue weighted by Crippen LogP contribution is 2.30. The molecule has 4 rings (SSSR count). The molecule has 1 heterocycles. The summed E-state index contributed by atoms with van der Waals surface area (Å²) in [6.07, 6.45) is 2.91. The zero-order chi connectivity index (χ0) is 27.8. The molecular formula is C31H36Cl2N4O2. The first-order valence-electron chi connectivity index (χ1n) is 13.5. The largest absolute Gasteiger partial charge is 0.331 e. The van der Waals surface area contributed by atoms with Crippen molar-refractivity contribution in [1.29, 1.82) is 0 Å². The van der Waals surface area contributed by atoms with Gasteiger partial charge in [0.25, 0.3) is 0 Å². The fourth-order valence-corrected chi connectivity index (χ4v) is 5.16. The molecule has 6 nitrogen and oxygen atoms in total. The molecule has 3 aromatic carbocycles. The number of carbonyl (C=O) groups excluding carboxylic acids is 2. The van der Waals surface area contributed by atoms with Gasteiger partial charge in [-0.05, 0) is 79.7 Å². The molecule has 0 aliphatic carbocycles. The summed E-state index contributed by atoms with van der Waals surface area (Å²) in [4.78, 5) is 27.4. The number of nitrogens with zero attached hydrogens (tertiary/aromatic N) is 1. The molecule has 1 unspecified atom stereocenters. The van der Waals surface area contributed by atoms with E-state index in [2.05, 4.69) is 33.0 Å². The Morgan fingerprint density at radius 1 is 0.872 bits per heavy atom. The highest BCUT2D eigenvalue weighted by Gasteiger charge is 2.23. The van der Waals surface area contributed by atoms with Crippen LogP contribution in [0.5, 0.6) is 0 Å². The van der Waals surface area contributed by atoms with E-state index in [-0.39, 0.29) is 23.9 Å². The van der Waals surface area contributed by atoms with E-state index >= 15 is 0 Å². The maximum Gasteiger partial charge on any atom is 0.319 e. The minimum Gasteiger partial charge on any atom is -0.331 e. The number of carbonyl (C=O) groups is 2. The summed E-state index contributed by atoms with van der Waals surface area (Å²) in [5, 5.41) is 9.84. The fraction of sp³-hybridized carbons (Fsp3) is 0.355. The van der Waals surface area contributed by atoms with E-state index in [0.29, 0.717) is 21.7 Å². The Kier molecular flexibility index (Phi) is 10.3. The van der Waals surface area contributed by atoms with Gasteiger partial charge in [0.2, 0.25) is 5.91 Å². The summed E-state index contributed by atoms with van der Waals surface area (Å²) in [6, 6.07) is 22.9. The zero-order valence-electron chi connectivity index (χ0n) is 22.4. The first kappa shape index (κ1) is 28.9. The molecule has 0 aromatic heterocycles. The number of rotatable bonds is 9. The van der Waals surface area contributed by atoms with E-state index in [1.807, 2.05) is 56.3 Å². The Balaban J connectivity index is 1.32. The summed E-state index contributed by atoms with van der Waals surface area (Å²) in [6.45, 7) is 6.65. The van der Waals surface area contributed by atoms with Crippen molar-refractivity contribution in [2.45, 2.75) is 45.1 Å². The van der Waals surface area contributed by atoms with Gasteiger partial charge in [0, 0.05) is 23.8 Å². The molecule has 39 heavy (non-hydrogen) atoms. The second-order valence-electron chi connectivity index (χ2n) is 10.4. The lowest BCUT2D eigenvalue weighted by atomic mass is 9.89. The minimum absolute atomic E-state index is 0.0363. The topological polar surface area (TPSA) is 73.5 Å². The van der Waals surface area contributed by atoms with Crippen molar-refractivity contribution in [3.05, 3.63) is 94.0 Å². The van der Waals surface area contributed by atoms with Crippen LogP contribution in [0.25, 0.3) is 0 Å².